The van der Waals surface area contributed by atoms with Crippen LogP contribution in [-0.2, 0) is 76.3 Å². The van der Waals surface area contributed by atoms with Crippen molar-refractivity contribution < 1.29 is 130 Å². The lowest BCUT2D eigenvalue weighted by atomic mass is 10.1. The maximum atomic E-state index is 12.0. The Kier molecular flexibility index (Phi) is 70.2. The van der Waals surface area contributed by atoms with Gasteiger partial charge in [0.05, 0.1) is 52.9 Å². The number of carbonyl (C=O) groups is 10. The summed E-state index contributed by atoms with van der Waals surface area (Å²) in [6.45, 7) is 36.1. The Morgan fingerprint density at radius 3 is 0.952 bits per heavy atom. The number of aliphatic hydroxyl groups excluding tert-OH is 1. The molecule has 0 aromatic heterocycles. The van der Waals surface area contributed by atoms with E-state index in [9.17, 15) is 91.8 Å². The highest BCUT2D eigenvalue weighted by Crippen LogP contribution is 2.46. The largest absolute Gasteiger partial charge is 0.460 e. The molecule has 0 aliphatic rings. The molecule has 0 fully saturated rings. The monoisotopic (exact) mass is 1240 g/mol. The summed E-state index contributed by atoms with van der Waals surface area (Å²) in [5, 5.41) is 8.28. The quantitative estimate of drug-likeness (QED) is 0.0372. The number of hydrogen-bond donors (Lipinski definition) is 1. The first kappa shape index (κ1) is 97.5. The molecule has 1 aromatic rings. The second kappa shape index (κ2) is 60.5. The van der Waals surface area contributed by atoms with Crippen LogP contribution in [0, 0.1) is 5.92 Å². The van der Waals surface area contributed by atoms with Gasteiger partial charge >= 0.3 is 24.2 Å². The second-order valence-corrected chi connectivity index (χ2v) is 16.6. The van der Waals surface area contributed by atoms with Crippen LogP contribution in [0.2, 0.25) is 0 Å². The van der Waals surface area contributed by atoms with Crippen molar-refractivity contribution in [3.8, 4) is 0 Å². The minimum Gasteiger partial charge on any atom is -0.386 e. The van der Waals surface area contributed by atoms with E-state index in [4.69, 9.17) is 33.5 Å². The van der Waals surface area contributed by atoms with Crippen LogP contribution in [0.4, 0.5) is 43.9 Å². The van der Waals surface area contributed by atoms with Crippen LogP contribution in [0.15, 0.2) is 55.1 Å². The van der Waals surface area contributed by atoms with Crippen LogP contribution < -0.4 is 0 Å². The maximum absolute atomic E-state index is 12.0. The Morgan fingerprint density at radius 2 is 0.810 bits per heavy atom. The van der Waals surface area contributed by atoms with Gasteiger partial charge in [0.15, 0.2) is 40.5 Å². The number of allylic oxidation sites excluding steroid dienone is 2. The molecule has 1 N–H and O–H groups in total. The summed E-state index contributed by atoms with van der Waals surface area (Å²) in [4.78, 5) is 100. The fraction of sp³-hybridized carbons (Fsp3) is 0.643. The minimum absolute atomic E-state index is 0.0185. The van der Waals surface area contributed by atoms with Crippen molar-refractivity contribution in [3.05, 3.63) is 60.7 Å². The lowest BCUT2D eigenvalue weighted by Crippen LogP contribution is -2.55. The van der Waals surface area contributed by atoms with E-state index in [1.54, 1.807) is 20.8 Å². The van der Waals surface area contributed by atoms with Crippen LogP contribution >= 0.6 is 0 Å². The zero-order chi connectivity index (χ0) is 68.5. The molecular weight excluding hydrogens is 1150 g/mol. The number of ether oxygens (including phenoxy) is 7. The average molecular weight is 1240 g/mol. The minimum atomic E-state index is -6.44. The number of halogens is 10. The van der Waals surface area contributed by atoms with Gasteiger partial charge in [0.2, 0.25) is 11.6 Å². The van der Waals surface area contributed by atoms with E-state index in [1.807, 2.05) is 58.0 Å². The third kappa shape index (κ3) is 80.6. The van der Waals surface area contributed by atoms with E-state index < -0.39 is 41.9 Å². The van der Waals surface area contributed by atoms with Gasteiger partial charge in [0.25, 0.3) is 0 Å². The lowest BCUT2D eigenvalue weighted by Gasteiger charge is -2.25. The molecule has 0 bridgehead atoms. The smallest absolute Gasteiger partial charge is 0.386 e. The van der Waals surface area contributed by atoms with Gasteiger partial charge < -0.3 is 38.3 Å². The number of methoxy groups -OCH3 is 1. The highest BCUT2D eigenvalue weighted by molar-refractivity contribution is 5.94. The molecule has 0 spiro atoms. The molecule has 1 aromatic carbocycles. The Morgan fingerprint density at radius 1 is 0.524 bits per heavy atom. The molecule has 0 saturated carbocycles. The summed E-state index contributed by atoms with van der Waals surface area (Å²) in [7, 11) is 1.50. The van der Waals surface area contributed by atoms with Gasteiger partial charge in [-0.05, 0) is 94.7 Å². The Balaban J connectivity index is -0.000000110. The molecular formula is C56H90F10O18. The zero-order valence-electron chi connectivity index (χ0n) is 51.4. The van der Waals surface area contributed by atoms with Gasteiger partial charge in [-0.15, -0.1) is 0 Å². The Labute approximate surface area is 487 Å². The fourth-order valence-electron chi connectivity index (χ4n) is 2.66. The third-order valence-corrected chi connectivity index (χ3v) is 7.92. The van der Waals surface area contributed by atoms with E-state index in [0.29, 0.717) is 78.6 Å². The molecule has 1 rings (SSSR count). The number of hydrogen-bond acceptors (Lipinski definition) is 18. The highest BCUT2D eigenvalue weighted by atomic mass is 19.4. The molecule has 492 valence electrons. The van der Waals surface area contributed by atoms with Gasteiger partial charge in [-0.3, -0.25) is 47.9 Å². The first-order chi connectivity index (χ1) is 38.2. The molecule has 1 unspecified atom stereocenters. The number of rotatable bonds is 27. The molecule has 0 heterocycles. The summed E-state index contributed by atoms with van der Waals surface area (Å²) in [5.41, 5.74) is 1.40. The van der Waals surface area contributed by atoms with Gasteiger partial charge in [0, 0.05) is 45.7 Å². The van der Waals surface area contributed by atoms with Gasteiger partial charge in [-0.1, -0.05) is 57.3 Å². The third-order valence-electron chi connectivity index (χ3n) is 7.92. The van der Waals surface area contributed by atoms with Crippen molar-refractivity contribution in [1.82, 2.24) is 0 Å². The average Bonchev–Trinajstić information content (AvgIpc) is 3.36. The fourth-order valence-corrected chi connectivity index (χ4v) is 2.66. The van der Waals surface area contributed by atoms with Gasteiger partial charge in [-0.2, -0.15) is 43.9 Å². The van der Waals surface area contributed by atoms with Crippen LogP contribution in [0.5, 0.6) is 0 Å². The van der Waals surface area contributed by atoms with Crippen molar-refractivity contribution in [2.24, 2.45) is 5.92 Å². The Bertz CT molecular complexity index is 1930. The summed E-state index contributed by atoms with van der Waals surface area (Å²) in [6, 6.07) is 9.23. The van der Waals surface area contributed by atoms with Crippen molar-refractivity contribution in [2.45, 2.75) is 141 Å². The number of carbonyl (C=O) groups excluding carboxylic acids is 10. The van der Waals surface area contributed by atoms with Crippen LogP contribution in [-0.4, -0.2) is 186 Å². The van der Waals surface area contributed by atoms with Crippen LogP contribution in [0.3, 0.4) is 0 Å². The molecule has 18 nitrogen and oxygen atoms in total. The van der Waals surface area contributed by atoms with Crippen molar-refractivity contribution >= 4 is 57.8 Å². The van der Waals surface area contributed by atoms with E-state index in [1.165, 1.54) is 61.7 Å². The predicted molar refractivity (Wildman–Crippen MR) is 294 cm³/mol. The van der Waals surface area contributed by atoms with E-state index in [2.05, 4.69) is 17.9 Å². The maximum Gasteiger partial charge on any atom is 0.460 e. The second-order valence-electron chi connectivity index (χ2n) is 16.6. The number of aliphatic hydroxyl groups is 1. The first-order valence-electron chi connectivity index (χ1n) is 25.1. The number of benzene rings is 1. The molecule has 0 aliphatic carbocycles. The summed E-state index contributed by atoms with van der Waals surface area (Å²) in [6.07, 6.45) is -10.6. The van der Waals surface area contributed by atoms with Crippen molar-refractivity contribution in [3.63, 3.8) is 0 Å². The first-order valence-corrected chi connectivity index (χ1v) is 25.1. The summed E-state index contributed by atoms with van der Waals surface area (Å²) in [5.74, 6) is -15.7. The number of ketones is 10. The standard InChI is InChI=1S/C13H26O6.C8H8O.C5H3F7O.C5H10O2.C5H10O.C5H8O.2C4H8O2.C4H6O.C3H3F3O/c1-3-15-4-5-16-6-7-17-8-9-18-10-11-19-12-13(2)14;1-7(9)8-5-3-2-4-6-8;1-2(13)3(6,7)4(8,9)5(10,11)12;1-3-7-4-5(2)6;2*1-4(2)5(3)6;1-4(5)3-6-2;1-3(5)4(2)6;1-3-4(2)5;1-2(7)3(4,5)6/h3-12H2,1-2H3;2-6H,1H3;1H3;3-4H2,1-2H3;4H,1-3H3;1H2,2-3H3;3H2,1-2H3;3,5H,1-2H3;3H,1H2,2H3;1H3. The summed E-state index contributed by atoms with van der Waals surface area (Å²) < 4.78 is 149. The van der Waals surface area contributed by atoms with Crippen molar-refractivity contribution in [2.75, 3.05) is 93.0 Å². The molecule has 28 heteroatoms. The molecule has 84 heavy (non-hydrogen) atoms. The van der Waals surface area contributed by atoms with Gasteiger partial charge in [-0.25, -0.2) is 0 Å². The summed E-state index contributed by atoms with van der Waals surface area (Å²) >= 11 is 0. The SMILES string of the molecule is C=C(C)C(C)=O.C=CC(C)=O.CC(=O)C(C)C.CC(=O)C(C)O.CC(=O)C(F)(F)C(F)(F)C(F)(F)F.CC(=O)C(F)(F)F.CC(=O)c1ccccc1.CCOCC(C)=O.CCOCCOCCOCCOCCOCC(C)=O.COCC(C)=O. The molecule has 0 amide bonds. The van der Waals surface area contributed by atoms with E-state index in [0.717, 1.165) is 5.56 Å². The molecule has 1 atom stereocenters. The highest BCUT2D eigenvalue weighted by Gasteiger charge is 2.75. The number of alkyl halides is 10. The van der Waals surface area contributed by atoms with E-state index >= 15 is 0 Å². The lowest BCUT2D eigenvalue weighted by molar-refractivity contribution is -0.343. The molecule has 0 radical (unpaired) electrons. The number of Topliss-reactive ketones (excluding diaryl/α,β-unsaturated/α-hetero) is 9. The predicted octanol–water partition coefficient (Wildman–Crippen LogP) is 10.0. The zero-order valence-corrected chi connectivity index (χ0v) is 51.4. The van der Waals surface area contributed by atoms with Crippen LogP contribution in [0.25, 0.3) is 0 Å². The van der Waals surface area contributed by atoms with Crippen LogP contribution in [0.1, 0.15) is 121 Å². The van der Waals surface area contributed by atoms with Crippen molar-refractivity contribution in [1.29, 1.82) is 0 Å². The van der Waals surface area contributed by atoms with Gasteiger partial charge in [0.1, 0.15) is 31.7 Å². The molecule has 0 aliphatic heterocycles. The topological polar surface area (TPSA) is 256 Å². The molecule has 0 saturated heterocycles. The van der Waals surface area contributed by atoms with E-state index in [-0.39, 0.29) is 78.9 Å². The normalized spacial score (nSPS) is 10.5. The Hall–Kier alpha value is -5.62.